The molecular weight excluding hydrogens is 327 g/mol. The average Bonchev–Trinajstić information content (AvgIpc) is 3.10. The van der Waals surface area contributed by atoms with Crippen LogP contribution in [0.2, 0.25) is 0 Å². The Hall–Kier alpha value is -1.63. The number of aromatic nitrogens is 2. The van der Waals surface area contributed by atoms with Crippen molar-refractivity contribution in [1.82, 2.24) is 9.78 Å². The van der Waals surface area contributed by atoms with Crippen molar-refractivity contribution >= 4 is 12.6 Å². The molecule has 1 saturated carbocycles. The molecule has 4 rings (SSSR count). The Balaban J connectivity index is 1.30. The Labute approximate surface area is 155 Å². The molecule has 138 valence electrons. The molecule has 2 fully saturated rings. The second kappa shape index (κ2) is 6.52. The van der Waals surface area contributed by atoms with Gasteiger partial charge in [-0.25, -0.2) is 0 Å². The maximum atomic E-state index is 6.10. The summed E-state index contributed by atoms with van der Waals surface area (Å²) in [5.41, 5.74) is 1.55. The van der Waals surface area contributed by atoms with Crippen LogP contribution in [0.15, 0.2) is 42.7 Å². The lowest BCUT2D eigenvalue weighted by Crippen LogP contribution is -2.41. The molecule has 2 heterocycles. The molecule has 2 aromatic rings. The van der Waals surface area contributed by atoms with Crippen LogP contribution in [0.3, 0.4) is 0 Å². The molecule has 0 bridgehead atoms. The van der Waals surface area contributed by atoms with Gasteiger partial charge < -0.3 is 14.0 Å². The lowest BCUT2D eigenvalue weighted by molar-refractivity contribution is -0.0383. The van der Waals surface area contributed by atoms with E-state index in [1.54, 1.807) is 0 Å². The van der Waals surface area contributed by atoms with E-state index in [0.29, 0.717) is 18.8 Å². The summed E-state index contributed by atoms with van der Waals surface area (Å²) in [5, 5.41) is 4.53. The van der Waals surface area contributed by atoms with Crippen LogP contribution < -0.4 is 5.46 Å². The minimum atomic E-state index is -0.348. The van der Waals surface area contributed by atoms with Gasteiger partial charge in [0.05, 0.1) is 30.0 Å². The first-order valence-corrected chi connectivity index (χ1v) is 9.39. The molecule has 5 nitrogen and oxygen atoms in total. The van der Waals surface area contributed by atoms with Crippen molar-refractivity contribution in [3.8, 4) is 0 Å². The summed E-state index contributed by atoms with van der Waals surface area (Å²) in [7, 11) is -0.348. The highest BCUT2D eigenvalue weighted by Crippen LogP contribution is 2.37. The molecule has 1 aliphatic heterocycles. The molecule has 0 spiro atoms. The Bertz CT molecular complexity index is 737. The van der Waals surface area contributed by atoms with Gasteiger partial charge in [-0.2, -0.15) is 5.10 Å². The highest BCUT2D eigenvalue weighted by Gasteiger charge is 2.52. The Kier molecular flexibility index (Phi) is 4.45. The van der Waals surface area contributed by atoms with Gasteiger partial charge in [0.2, 0.25) is 0 Å². The van der Waals surface area contributed by atoms with Crippen molar-refractivity contribution in [2.45, 2.75) is 70.5 Å². The van der Waals surface area contributed by atoms with E-state index in [2.05, 4.69) is 51.1 Å². The highest BCUT2D eigenvalue weighted by atomic mass is 16.7. The lowest BCUT2D eigenvalue weighted by Gasteiger charge is -2.35. The van der Waals surface area contributed by atoms with Crippen LogP contribution in [0, 0.1) is 0 Å². The molecule has 0 amide bonds. The van der Waals surface area contributed by atoms with E-state index in [1.165, 1.54) is 5.56 Å². The Morgan fingerprint density at radius 1 is 1.12 bits per heavy atom. The molecule has 0 radical (unpaired) electrons. The Morgan fingerprint density at radius 3 is 2.42 bits per heavy atom. The zero-order chi connectivity index (χ0) is 18.4. The third-order valence-corrected chi connectivity index (χ3v) is 5.92. The second-order valence-corrected chi connectivity index (χ2v) is 8.39. The standard InChI is InChI=1S/C20H27BN2O3/c1-19(2)20(3,4)26-21(25-19)16-12-22-23(13-16)17-10-18(11-17)24-14-15-8-6-5-7-9-15/h5-9,12-13,17-18H,10-11,14H2,1-4H3/t17-,18-. The van der Waals surface area contributed by atoms with E-state index in [4.69, 9.17) is 14.0 Å². The van der Waals surface area contributed by atoms with E-state index in [0.717, 1.165) is 18.3 Å². The van der Waals surface area contributed by atoms with Gasteiger partial charge in [-0.3, -0.25) is 4.68 Å². The number of benzene rings is 1. The van der Waals surface area contributed by atoms with E-state index in [9.17, 15) is 0 Å². The first-order valence-electron chi connectivity index (χ1n) is 9.39. The molecule has 1 saturated heterocycles. The summed E-state index contributed by atoms with van der Waals surface area (Å²) in [5.74, 6) is 0. The number of ether oxygens (including phenoxy) is 1. The van der Waals surface area contributed by atoms with Gasteiger partial charge in [0.25, 0.3) is 0 Å². The number of hydrogen-bond acceptors (Lipinski definition) is 4. The molecule has 26 heavy (non-hydrogen) atoms. The largest absolute Gasteiger partial charge is 0.498 e. The van der Waals surface area contributed by atoms with Crippen LogP contribution in [0.25, 0.3) is 0 Å². The van der Waals surface area contributed by atoms with Crippen LogP contribution >= 0.6 is 0 Å². The zero-order valence-corrected chi connectivity index (χ0v) is 16.0. The van der Waals surface area contributed by atoms with Crippen molar-refractivity contribution in [3.05, 3.63) is 48.3 Å². The van der Waals surface area contributed by atoms with Gasteiger partial charge in [-0.05, 0) is 46.1 Å². The van der Waals surface area contributed by atoms with Crippen molar-refractivity contribution in [2.75, 3.05) is 0 Å². The van der Waals surface area contributed by atoms with Crippen molar-refractivity contribution in [3.63, 3.8) is 0 Å². The predicted octanol–water partition coefficient (Wildman–Crippen LogP) is 3.10. The number of nitrogens with zero attached hydrogens (tertiary/aromatic N) is 2. The van der Waals surface area contributed by atoms with Gasteiger partial charge in [-0.15, -0.1) is 0 Å². The quantitative estimate of drug-likeness (QED) is 0.774. The molecule has 0 atom stereocenters. The van der Waals surface area contributed by atoms with Crippen LogP contribution in [0.4, 0.5) is 0 Å². The smallest absolute Gasteiger partial charge is 0.399 e. The molecule has 2 aliphatic rings. The van der Waals surface area contributed by atoms with Gasteiger partial charge in [0.1, 0.15) is 0 Å². The Morgan fingerprint density at radius 2 is 1.77 bits per heavy atom. The SMILES string of the molecule is CC1(C)OB(c2cnn([C@H]3C[C@H](OCc4ccccc4)C3)c2)OC1(C)C. The highest BCUT2D eigenvalue weighted by molar-refractivity contribution is 6.62. The summed E-state index contributed by atoms with van der Waals surface area (Å²) >= 11 is 0. The van der Waals surface area contributed by atoms with Gasteiger partial charge in [-0.1, -0.05) is 30.3 Å². The fourth-order valence-corrected chi connectivity index (χ4v) is 3.33. The van der Waals surface area contributed by atoms with E-state index in [-0.39, 0.29) is 18.3 Å². The maximum Gasteiger partial charge on any atom is 0.498 e. The third-order valence-electron chi connectivity index (χ3n) is 5.92. The molecule has 1 aromatic heterocycles. The normalized spacial score (nSPS) is 26.7. The molecule has 0 unspecified atom stereocenters. The molecule has 1 aliphatic carbocycles. The van der Waals surface area contributed by atoms with Crippen molar-refractivity contribution < 1.29 is 14.0 Å². The van der Waals surface area contributed by atoms with E-state index >= 15 is 0 Å². The number of rotatable bonds is 5. The second-order valence-electron chi connectivity index (χ2n) is 8.39. The third kappa shape index (κ3) is 3.33. The van der Waals surface area contributed by atoms with Gasteiger partial charge in [0.15, 0.2) is 0 Å². The zero-order valence-electron chi connectivity index (χ0n) is 16.0. The summed E-state index contributed by atoms with van der Waals surface area (Å²) in [6.07, 6.45) is 6.22. The van der Waals surface area contributed by atoms with Crippen LogP contribution in [0.5, 0.6) is 0 Å². The number of hydrogen-bond donors (Lipinski definition) is 0. The van der Waals surface area contributed by atoms with Crippen LogP contribution in [-0.2, 0) is 20.7 Å². The molecule has 6 heteroatoms. The first kappa shape index (κ1) is 17.8. The van der Waals surface area contributed by atoms with E-state index < -0.39 is 0 Å². The lowest BCUT2D eigenvalue weighted by atomic mass is 9.81. The predicted molar refractivity (Wildman–Crippen MR) is 101 cm³/mol. The fraction of sp³-hybridized carbons (Fsp3) is 0.550. The van der Waals surface area contributed by atoms with Gasteiger partial charge in [0, 0.05) is 17.9 Å². The average molecular weight is 354 g/mol. The molecule has 1 aromatic carbocycles. The molecule has 0 N–H and O–H groups in total. The van der Waals surface area contributed by atoms with Crippen LogP contribution in [0.1, 0.15) is 52.1 Å². The van der Waals surface area contributed by atoms with Gasteiger partial charge >= 0.3 is 7.12 Å². The molecular formula is C20H27BN2O3. The summed E-state index contributed by atoms with van der Waals surface area (Å²) in [4.78, 5) is 0. The monoisotopic (exact) mass is 354 g/mol. The summed E-state index contributed by atoms with van der Waals surface area (Å²) < 4.78 is 20.2. The minimum Gasteiger partial charge on any atom is -0.399 e. The first-order chi connectivity index (χ1) is 12.3. The topological polar surface area (TPSA) is 45.5 Å². The maximum absolute atomic E-state index is 6.10. The summed E-state index contributed by atoms with van der Waals surface area (Å²) in [6.45, 7) is 8.95. The fourth-order valence-electron chi connectivity index (χ4n) is 3.33. The van der Waals surface area contributed by atoms with Crippen molar-refractivity contribution in [2.24, 2.45) is 0 Å². The summed E-state index contributed by atoms with van der Waals surface area (Å²) in [6, 6.07) is 10.7. The van der Waals surface area contributed by atoms with E-state index in [1.807, 2.05) is 29.1 Å². The van der Waals surface area contributed by atoms with Crippen molar-refractivity contribution in [1.29, 1.82) is 0 Å². The minimum absolute atomic E-state index is 0.310. The van der Waals surface area contributed by atoms with Crippen LogP contribution in [-0.4, -0.2) is 34.2 Å².